The van der Waals surface area contributed by atoms with Crippen molar-refractivity contribution in [1.82, 2.24) is 14.3 Å². The Balaban J connectivity index is 1.86. The maximum absolute atomic E-state index is 11.4. The highest BCUT2D eigenvalue weighted by Gasteiger charge is 2.19. The van der Waals surface area contributed by atoms with Crippen molar-refractivity contribution in [1.29, 1.82) is 0 Å². The Kier molecular flexibility index (Phi) is 3.55. The molecule has 1 saturated heterocycles. The minimum Gasteiger partial charge on any atom is -0.367 e. The van der Waals surface area contributed by atoms with Gasteiger partial charge in [0.05, 0.1) is 11.4 Å². The van der Waals surface area contributed by atoms with Gasteiger partial charge >= 0.3 is 0 Å². The summed E-state index contributed by atoms with van der Waals surface area (Å²) in [5.74, 6) is 0.156. The van der Waals surface area contributed by atoms with Crippen molar-refractivity contribution in [2.24, 2.45) is 5.73 Å². The van der Waals surface area contributed by atoms with Crippen LogP contribution >= 0.6 is 0 Å². The van der Waals surface area contributed by atoms with E-state index in [0.29, 0.717) is 6.54 Å². The van der Waals surface area contributed by atoms with E-state index in [9.17, 15) is 4.79 Å². The molecule has 112 valence electrons. The molecule has 0 aliphatic carbocycles. The number of hydrogen-bond donors (Lipinski definition) is 1. The summed E-state index contributed by atoms with van der Waals surface area (Å²) in [7, 11) is 0. The number of rotatable bonds is 2. The Morgan fingerprint density at radius 2 is 2.00 bits per heavy atom. The van der Waals surface area contributed by atoms with Crippen LogP contribution < -0.4 is 10.6 Å². The minimum atomic E-state index is 0.156. The van der Waals surface area contributed by atoms with Gasteiger partial charge in [0, 0.05) is 52.0 Å². The van der Waals surface area contributed by atoms with Crippen LogP contribution in [-0.2, 0) is 11.3 Å². The molecule has 0 radical (unpaired) electrons. The summed E-state index contributed by atoms with van der Waals surface area (Å²) in [6.45, 7) is 7.44. The summed E-state index contributed by atoms with van der Waals surface area (Å²) < 4.78 is 2.05. The molecule has 0 bridgehead atoms. The fourth-order valence-corrected chi connectivity index (χ4v) is 2.85. The van der Waals surface area contributed by atoms with E-state index < -0.39 is 0 Å². The minimum absolute atomic E-state index is 0.156. The van der Waals surface area contributed by atoms with Gasteiger partial charge in [-0.3, -0.25) is 4.79 Å². The molecule has 3 heterocycles. The number of nitrogens with zero attached hydrogens (tertiary/aromatic N) is 4. The van der Waals surface area contributed by atoms with Crippen molar-refractivity contribution in [3.8, 4) is 0 Å². The Bertz CT molecular complexity index is 670. The lowest BCUT2D eigenvalue weighted by molar-refractivity contribution is -0.129. The van der Waals surface area contributed by atoms with E-state index >= 15 is 0 Å². The molecule has 3 rings (SSSR count). The number of hydrogen-bond acceptors (Lipinski definition) is 4. The van der Waals surface area contributed by atoms with Gasteiger partial charge in [-0.25, -0.2) is 4.98 Å². The third-order valence-electron chi connectivity index (χ3n) is 4.07. The number of aryl methyl sites for hydroxylation is 1. The Morgan fingerprint density at radius 1 is 1.29 bits per heavy atom. The normalized spacial score (nSPS) is 15.8. The molecule has 0 spiro atoms. The maximum Gasteiger partial charge on any atom is 0.219 e. The predicted molar refractivity (Wildman–Crippen MR) is 82.3 cm³/mol. The second-order valence-electron chi connectivity index (χ2n) is 5.54. The Morgan fingerprint density at radius 3 is 2.62 bits per heavy atom. The van der Waals surface area contributed by atoms with E-state index in [4.69, 9.17) is 5.73 Å². The van der Waals surface area contributed by atoms with E-state index in [1.807, 2.05) is 15.5 Å². The van der Waals surface area contributed by atoms with Gasteiger partial charge in [0.1, 0.15) is 5.65 Å². The van der Waals surface area contributed by atoms with Gasteiger partial charge in [-0.1, -0.05) is 0 Å². The first-order valence-electron chi connectivity index (χ1n) is 7.27. The van der Waals surface area contributed by atoms with Crippen molar-refractivity contribution in [3.05, 3.63) is 29.7 Å². The molecule has 21 heavy (non-hydrogen) atoms. The van der Waals surface area contributed by atoms with Crippen LogP contribution in [0.4, 0.5) is 5.69 Å². The fraction of sp³-hybridized carbons (Fsp3) is 0.467. The second kappa shape index (κ2) is 5.37. The molecule has 0 atom stereocenters. The van der Waals surface area contributed by atoms with Gasteiger partial charge in [-0.15, -0.1) is 0 Å². The number of carbonyl (C=O) groups is 1. The lowest BCUT2D eigenvalue weighted by Gasteiger charge is -2.35. The summed E-state index contributed by atoms with van der Waals surface area (Å²) in [6, 6.07) is 2.16. The standard InChI is InChI=1S/C15H21N5O/c1-11-7-14(10-20-9-13(8-16)17-15(11)20)19-5-3-18(4-6-19)12(2)21/h7,9-10H,3-6,8,16H2,1-2H3. The Hall–Kier alpha value is -2.08. The van der Waals surface area contributed by atoms with Crippen molar-refractivity contribution in [3.63, 3.8) is 0 Å². The van der Waals surface area contributed by atoms with E-state index in [-0.39, 0.29) is 5.91 Å². The number of amides is 1. The number of aromatic nitrogens is 2. The van der Waals surface area contributed by atoms with Crippen LogP contribution in [0.5, 0.6) is 0 Å². The van der Waals surface area contributed by atoms with Crippen LogP contribution in [0.1, 0.15) is 18.2 Å². The molecule has 2 N–H and O–H groups in total. The third kappa shape index (κ3) is 2.58. The smallest absolute Gasteiger partial charge is 0.219 e. The summed E-state index contributed by atoms with van der Waals surface area (Å²) in [4.78, 5) is 20.1. The van der Waals surface area contributed by atoms with E-state index in [1.165, 1.54) is 5.69 Å². The summed E-state index contributed by atoms with van der Waals surface area (Å²) >= 11 is 0. The molecule has 6 heteroatoms. The number of carbonyl (C=O) groups excluding carboxylic acids is 1. The fourth-order valence-electron chi connectivity index (χ4n) is 2.85. The summed E-state index contributed by atoms with van der Waals surface area (Å²) in [5, 5.41) is 0. The SMILES string of the molecule is CC(=O)N1CCN(c2cc(C)c3nc(CN)cn3c2)CC1. The first-order valence-corrected chi connectivity index (χ1v) is 7.27. The van der Waals surface area contributed by atoms with Crippen molar-refractivity contribution in [2.45, 2.75) is 20.4 Å². The van der Waals surface area contributed by atoms with Crippen molar-refractivity contribution < 1.29 is 4.79 Å². The predicted octanol–water partition coefficient (Wildman–Crippen LogP) is 0.770. The zero-order valence-electron chi connectivity index (χ0n) is 12.5. The topological polar surface area (TPSA) is 66.9 Å². The monoisotopic (exact) mass is 287 g/mol. The van der Waals surface area contributed by atoms with E-state index in [1.54, 1.807) is 6.92 Å². The highest BCUT2D eigenvalue weighted by Crippen LogP contribution is 2.21. The Labute approximate surface area is 124 Å². The highest BCUT2D eigenvalue weighted by molar-refractivity contribution is 5.73. The van der Waals surface area contributed by atoms with Crippen molar-refractivity contribution in [2.75, 3.05) is 31.1 Å². The molecule has 0 unspecified atom stereocenters. The molecule has 1 fully saturated rings. The summed E-state index contributed by atoms with van der Waals surface area (Å²) in [5.41, 5.74) is 9.83. The molecule has 2 aromatic heterocycles. The largest absolute Gasteiger partial charge is 0.367 e. The van der Waals surface area contributed by atoms with Crippen LogP contribution in [0.3, 0.4) is 0 Å². The van der Waals surface area contributed by atoms with Gasteiger partial charge in [-0.05, 0) is 18.6 Å². The van der Waals surface area contributed by atoms with E-state index in [0.717, 1.165) is 43.1 Å². The first-order chi connectivity index (χ1) is 10.1. The zero-order valence-corrected chi connectivity index (χ0v) is 12.5. The molecule has 1 amide bonds. The van der Waals surface area contributed by atoms with Crippen LogP contribution in [0.25, 0.3) is 5.65 Å². The number of nitrogens with two attached hydrogens (primary N) is 1. The quantitative estimate of drug-likeness (QED) is 0.886. The van der Waals surface area contributed by atoms with E-state index in [2.05, 4.69) is 29.1 Å². The molecule has 1 aliphatic heterocycles. The molecule has 0 saturated carbocycles. The number of fused-ring (bicyclic) bond motifs is 1. The highest BCUT2D eigenvalue weighted by atomic mass is 16.2. The average molecular weight is 287 g/mol. The number of pyridine rings is 1. The van der Waals surface area contributed by atoms with Gasteiger partial charge in [-0.2, -0.15) is 0 Å². The van der Waals surface area contributed by atoms with Gasteiger partial charge in [0.15, 0.2) is 0 Å². The summed E-state index contributed by atoms with van der Waals surface area (Å²) in [6.07, 6.45) is 4.08. The van der Waals surface area contributed by atoms with Crippen LogP contribution in [-0.4, -0.2) is 46.4 Å². The van der Waals surface area contributed by atoms with Gasteiger partial charge in [0.2, 0.25) is 5.91 Å². The number of piperazine rings is 1. The number of imidazole rings is 1. The molecular weight excluding hydrogens is 266 g/mol. The van der Waals surface area contributed by atoms with Gasteiger partial charge in [0.25, 0.3) is 0 Å². The van der Waals surface area contributed by atoms with Crippen LogP contribution in [0.15, 0.2) is 18.5 Å². The van der Waals surface area contributed by atoms with Gasteiger partial charge < -0.3 is 19.9 Å². The number of anilines is 1. The third-order valence-corrected chi connectivity index (χ3v) is 4.07. The molecule has 0 aromatic carbocycles. The lowest BCUT2D eigenvalue weighted by Crippen LogP contribution is -2.48. The maximum atomic E-state index is 11.4. The lowest BCUT2D eigenvalue weighted by atomic mass is 10.2. The average Bonchev–Trinajstić information content (AvgIpc) is 2.91. The first kappa shape index (κ1) is 13.9. The molecule has 1 aliphatic rings. The zero-order chi connectivity index (χ0) is 15.0. The van der Waals surface area contributed by atoms with Crippen LogP contribution in [0.2, 0.25) is 0 Å². The molecule has 2 aromatic rings. The van der Waals surface area contributed by atoms with Crippen LogP contribution in [0, 0.1) is 6.92 Å². The molecule has 6 nitrogen and oxygen atoms in total. The molecular formula is C15H21N5O. The van der Waals surface area contributed by atoms with Crippen molar-refractivity contribution >= 4 is 17.2 Å². The second-order valence-corrected chi connectivity index (χ2v) is 5.54.